The lowest BCUT2D eigenvalue weighted by Gasteiger charge is -2.11. The minimum Gasteiger partial charge on any atom is -0.491 e. The van der Waals surface area contributed by atoms with E-state index in [0.717, 1.165) is 11.3 Å². The first kappa shape index (κ1) is 12.4. The molecule has 1 aromatic carbocycles. The molecule has 0 spiro atoms. The van der Waals surface area contributed by atoms with Gasteiger partial charge in [-0.25, -0.2) is 0 Å². The van der Waals surface area contributed by atoms with Crippen LogP contribution in [-0.4, -0.2) is 31.5 Å². The van der Waals surface area contributed by atoms with Crippen LogP contribution in [0.4, 0.5) is 0 Å². The summed E-state index contributed by atoms with van der Waals surface area (Å²) in [7, 11) is 0. The number of carbonyl (C=O) groups excluding carboxylic acids is 2. The lowest BCUT2D eigenvalue weighted by atomic mass is 10.1. The van der Waals surface area contributed by atoms with Crippen molar-refractivity contribution in [3.8, 4) is 5.75 Å². The molecule has 18 heavy (non-hydrogen) atoms. The van der Waals surface area contributed by atoms with Crippen LogP contribution in [0.25, 0.3) is 0 Å². The fourth-order valence-corrected chi connectivity index (χ4v) is 1.77. The molecule has 0 aromatic heterocycles. The summed E-state index contributed by atoms with van der Waals surface area (Å²) < 4.78 is 5.41. The van der Waals surface area contributed by atoms with Crippen molar-refractivity contribution in [2.75, 3.05) is 19.7 Å². The maximum absolute atomic E-state index is 11.6. The molecule has 96 valence electrons. The highest BCUT2D eigenvalue weighted by molar-refractivity contribution is 6.35. The van der Waals surface area contributed by atoms with E-state index >= 15 is 0 Å². The maximum Gasteiger partial charge on any atom is 0.309 e. The number of carbonyl (C=O) groups is 2. The first-order valence-corrected chi connectivity index (χ1v) is 5.73. The number of ether oxygens (including phenoxy) is 1. The second kappa shape index (κ2) is 5.50. The Hall–Kier alpha value is -2.08. The number of hydrogen-bond donors (Lipinski definition) is 3. The minimum atomic E-state index is -0.676. The number of amides is 2. The van der Waals surface area contributed by atoms with Gasteiger partial charge in [0.05, 0.1) is 6.04 Å². The van der Waals surface area contributed by atoms with E-state index in [1.54, 1.807) is 0 Å². The molecule has 0 radical (unpaired) electrons. The van der Waals surface area contributed by atoms with Crippen LogP contribution in [0.15, 0.2) is 24.3 Å². The Morgan fingerprint density at radius 1 is 1.33 bits per heavy atom. The van der Waals surface area contributed by atoms with Gasteiger partial charge in [-0.2, -0.15) is 0 Å². The predicted octanol–water partition coefficient (Wildman–Crippen LogP) is -0.689. The molecule has 1 heterocycles. The molecule has 0 saturated heterocycles. The lowest BCUT2D eigenvalue weighted by molar-refractivity contribution is -0.139. The number of benzene rings is 1. The van der Waals surface area contributed by atoms with Crippen molar-refractivity contribution in [1.29, 1.82) is 0 Å². The molecule has 1 aliphatic rings. The van der Waals surface area contributed by atoms with Crippen molar-refractivity contribution in [2.24, 2.45) is 5.73 Å². The number of hydrogen-bond acceptors (Lipinski definition) is 4. The highest BCUT2D eigenvalue weighted by atomic mass is 16.5. The summed E-state index contributed by atoms with van der Waals surface area (Å²) in [5, 5.41) is 5.04. The van der Waals surface area contributed by atoms with Crippen molar-refractivity contribution in [3.63, 3.8) is 0 Å². The number of fused-ring (bicyclic) bond motifs is 1. The molecule has 6 heteroatoms. The molecule has 4 N–H and O–H groups in total. The Kier molecular flexibility index (Phi) is 3.78. The SMILES string of the molecule is NCCNC(=O)C(=O)NC1COc2ccccc21. The Bertz CT molecular complexity index is 462. The summed E-state index contributed by atoms with van der Waals surface area (Å²) in [6, 6.07) is 7.14. The topological polar surface area (TPSA) is 93.5 Å². The zero-order chi connectivity index (χ0) is 13.0. The van der Waals surface area contributed by atoms with Crippen molar-refractivity contribution in [1.82, 2.24) is 10.6 Å². The number of nitrogens with one attached hydrogen (secondary N) is 2. The van der Waals surface area contributed by atoms with E-state index in [1.807, 2.05) is 24.3 Å². The van der Waals surface area contributed by atoms with E-state index in [1.165, 1.54) is 0 Å². The average Bonchev–Trinajstić information content (AvgIpc) is 2.79. The first-order valence-electron chi connectivity index (χ1n) is 5.73. The zero-order valence-electron chi connectivity index (χ0n) is 9.81. The summed E-state index contributed by atoms with van der Waals surface area (Å²) in [4.78, 5) is 23.0. The van der Waals surface area contributed by atoms with E-state index in [-0.39, 0.29) is 12.6 Å². The van der Waals surface area contributed by atoms with Crippen LogP contribution in [-0.2, 0) is 9.59 Å². The number of rotatable bonds is 3. The van der Waals surface area contributed by atoms with E-state index in [4.69, 9.17) is 10.5 Å². The van der Waals surface area contributed by atoms with Gasteiger partial charge in [0, 0.05) is 18.7 Å². The summed E-state index contributed by atoms with van der Waals surface area (Å²) >= 11 is 0. The van der Waals surface area contributed by atoms with Crippen LogP contribution in [0.5, 0.6) is 5.75 Å². The van der Waals surface area contributed by atoms with Crippen molar-refractivity contribution >= 4 is 11.8 Å². The summed E-state index contributed by atoms with van der Waals surface area (Å²) in [6.45, 7) is 0.924. The van der Waals surface area contributed by atoms with Crippen LogP contribution in [0.3, 0.4) is 0 Å². The van der Waals surface area contributed by atoms with Gasteiger partial charge in [0.1, 0.15) is 12.4 Å². The molecule has 0 fully saturated rings. The van der Waals surface area contributed by atoms with Gasteiger partial charge < -0.3 is 21.1 Å². The first-order chi connectivity index (χ1) is 8.72. The fraction of sp³-hybridized carbons (Fsp3) is 0.333. The van der Waals surface area contributed by atoms with Gasteiger partial charge in [-0.05, 0) is 6.07 Å². The van der Waals surface area contributed by atoms with Crippen LogP contribution in [0, 0.1) is 0 Å². The van der Waals surface area contributed by atoms with Crippen LogP contribution in [0.2, 0.25) is 0 Å². The second-order valence-corrected chi connectivity index (χ2v) is 3.92. The molecular formula is C12H15N3O3. The molecule has 0 bridgehead atoms. The normalized spacial score (nSPS) is 16.6. The van der Waals surface area contributed by atoms with Gasteiger partial charge in [-0.3, -0.25) is 9.59 Å². The molecule has 0 saturated carbocycles. The largest absolute Gasteiger partial charge is 0.491 e. The van der Waals surface area contributed by atoms with Crippen molar-refractivity contribution < 1.29 is 14.3 Å². The van der Waals surface area contributed by atoms with E-state index < -0.39 is 11.8 Å². The maximum atomic E-state index is 11.6. The quantitative estimate of drug-likeness (QED) is 0.618. The van der Waals surface area contributed by atoms with Gasteiger partial charge in [-0.1, -0.05) is 18.2 Å². The molecule has 2 amide bonds. The highest BCUT2D eigenvalue weighted by Crippen LogP contribution is 2.31. The van der Waals surface area contributed by atoms with E-state index in [9.17, 15) is 9.59 Å². The average molecular weight is 249 g/mol. The zero-order valence-corrected chi connectivity index (χ0v) is 9.81. The summed E-state index contributed by atoms with van der Waals surface area (Å²) in [5.74, 6) is -0.608. The van der Waals surface area contributed by atoms with Gasteiger partial charge in [-0.15, -0.1) is 0 Å². The Balaban J connectivity index is 1.95. The van der Waals surface area contributed by atoms with Crippen LogP contribution >= 0.6 is 0 Å². The van der Waals surface area contributed by atoms with E-state index in [0.29, 0.717) is 13.2 Å². The molecule has 1 aliphatic heterocycles. The Morgan fingerprint density at radius 2 is 2.11 bits per heavy atom. The molecule has 0 aliphatic carbocycles. The highest BCUT2D eigenvalue weighted by Gasteiger charge is 2.26. The van der Waals surface area contributed by atoms with Gasteiger partial charge >= 0.3 is 11.8 Å². The van der Waals surface area contributed by atoms with Crippen LogP contribution < -0.4 is 21.1 Å². The smallest absolute Gasteiger partial charge is 0.309 e. The molecule has 1 aromatic rings. The standard InChI is InChI=1S/C12H15N3O3/c13-5-6-14-11(16)12(17)15-9-7-18-10-4-2-1-3-8(9)10/h1-4,9H,5-7,13H2,(H,14,16)(H,15,17). The van der Waals surface area contributed by atoms with E-state index in [2.05, 4.69) is 10.6 Å². The molecule has 2 rings (SSSR count). The molecule has 1 unspecified atom stereocenters. The monoisotopic (exact) mass is 249 g/mol. The number of para-hydroxylation sites is 1. The number of nitrogens with two attached hydrogens (primary N) is 1. The Morgan fingerprint density at radius 3 is 2.89 bits per heavy atom. The minimum absolute atomic E-state index is 0.280. The third-order valence-corrected chi connectivity index (χ3v) is 2.64. The van der Waals surface area contributed by atoms with Gasteiger partial charge in [0.2, 0.25) is 0 Å². The third kappa shape index (κ3) is 2.60. The van der Waals surface area contributed by atoms with Crippen molar-refractivity contribution in [3.05, 3.63) is 29.8 Å². The van der Waals surface area contributed by atoms with Gasteiger partial charge in [0.15, 0.2) is 0 Å². The fourth-order valence-electron chi connectivity index (χ4n) is 1.77. The predicted molar refractivity (Wildman–Crippen MR) is 64.9 cm³/mol. The third-order valence-electron chi connectivity index (χ3n) is 2.64. The second-order valence-electron chi connectivity index (χ2n) is 3.92. The molecule has 1 atom stereocenters. The van der Waals surface area contributed by atoms with Gasteiger partial charge in [0.25, 0.3) is 0 Å². The lowest BCUT2D eigenvalue weighted by Crippen LogP contribution is -2.43. The summed E-state index contributed by atoms with van der Waals surface area (Å²) in [5.41, 5.74) is 6.12. The Labute approximate surface area is 104 Å². The molecular weight excluding hydrogens is 234 g/mol. The van der Waals surface area contributed by atoms with Crippen LogP contribution in [0.1, 0.15) is 11.6 Å². The van der Waals surface area contributed by atoms with Crippen molar-refractivity contribution in [2.45, 2.75) is 6.04 Å². The molecule has 6 nitrogen and oxygen atoms in total. The summed E-state index contributed by atoms with van der Waals surface area (Å²) in [6.07, 6.45) is 0.